The Morgan fingerprint density at radius 1 is 1.35 bits per heavy atom. The van der Waals surface area contributed by atoms with Crippen molar-refractivity contribution in [1.82, 2.24) is 0 Å². The number of aliphatic carboxylic acids is 1. The van der Waals surface area contributed by atoms with Crippen LogP contribution in [0.5, 0.6) is 0 Å². The normalized spacial score (nSPS) is 13.6. The number of nitrogens with two attached hydrogens (primary N) is 1. The van der Waals surface area contributed by atoms with E-state index in [1.165, 1.54) is 6.07 Å². The summed E-state index contributed by atoms with van der Waals surface area (Å²) in [6.07, 6.45) is -0.709. The number of anilines is 1. The zero-order valence-electron chi connectivity index (χ0n) is 15.3. The van der Waals surface area contributed by atoms with Crippen molar-refractivity contribution in [2.45, 2.75) is 52.3 Å². The van der Waals surface area contributed by atoms with Crippen molar-refractivity contribution in [1.29, 1.82) is 0 Å². The molecule has 4 N–H and O–H groups in total. The molecule has 0 radical (unpaired) electrons. The van der Waals surface area contributed by atoms with Gasteiger partial charge < -0.3 is 20.9 Å². The van der Waals surface area contributed by atoms with Gasteiger partial charge in [0, 0.05) is 6.07 Å². The van der Waals surface area contributed by atoms with E-state index in [0.717, 1.165) is 5.56 Å². The van der Waals surface area contributed by atoms with Crippen LogP contribution in [-0.4, -0.2) is 33.7 Å². The lowest BCUT2D eigenvalue weighted by Crippen LogP contribution is -2.35. The number of carboxylic acids is 1. The van der Waals surface area contributed by atoms with Crippen LogP contribution in [0.25, 0.3) is 0 Å². The number of carboxylic acid groups (broad SMARTS) is 1. The van der Waals surface area contributed by atoms with Crippen LogP contribution in [0.2, 0.25) is 0 Å². The summed E-state index contributed by atoms with van der Waals surface area (Å²) in [7, 11) is 0. The first-order valence-corrected chi connectivity index (χ1v) is 8.13. The molecule has 0 aliphatic heterocycles. The minimum Gasteiger partial charge on any atom is -0.481 e. The van der Waals surface area contributed by atoms with Gasteiger partial charge in [-0.25, -0.2) is 0 Å². The molecule has 0 aromatic heterocycles. The maximum atomic E-state index is 12.0. The highest BCUT2D eigenvalue weighted by Crippen LogP contribution is 2.26. The summed E-state index contributed by atoms with van der Waals surface area (Å²) in [6, 6.07) is 4.56. The van der Waals surface area contributed by atoms with Crippen molar-refractivity contribution in [3.05, 3.63) is 33.9 Å². The number of carbonyl (C=O) groups is 2. The molecule has 0 spiro atoms. The Balaban J connectivity index is 2.77. The summed E-state index contributed by atoms with van der Waals surface area (Å²) >= 11 is 0. The minimum atomic E-state index is -1.35. The molecule has 0 amide bonds. The van der Waals surface area contributed by atoms with Crippen LogP contribution >= 0.6 is 0 Å². The average molecular weight is 367 g/mol. The van der Waals surface area contributed by atoms with Crippen molar-refractivity contribution < 1.29 is 24.4 Å². The number of nitro groups is 1. The first-order valence-electron chi connectivity index (χ1n) is 8.13. The molecule has 1 rings (SSSR count). The number of aryl methyl sites for hydroxylation is 1. The van der Waals surface area contributed by atoms with Gasteiger partial charge in [0.05, 0.1) is 11.1 Å². The van der Waals surface area contributed by atoms with Crippen molar-refractivity contribution in [2.75, 3.05) is 5.32 Å². The van der Waals surface area contributed by atoms with Crippen molar-refractivity contribution in [2.24, 2.45) is 11.7 Å². The third kappa shape index (κ3) is 6.67. The van der Waals surface area contributed by atoms with E-state index in [2.05, 4.69) is 5.32 Å². The lowest BCUT2D eigenvalue weighted by molar-refractivity contribution is -0.384. The lowest BCUT2D eigenvalue weighted by Gasteiger charge is -2.23. The van der Waals surface area contributed by atoms with Gasteiger partial charge in [0.25, 0.3) is 5.69 Å². The lowest BCUT2D eigenvalue weighted by atomic mass is 10.0. The Kier molecular flexibility index (Phi) is 7.08. The molecule has 0 aliphatic rings. The monoisotopic (exact) mass is 367 g/mol. The minimum absolute atomic E-state index is 0.0575. The quantitative estimate of drug-likeness (QED) is 0.209. The zero-order chi connectivity index (χ0) is 20.1. The van der Waals surface area contributed by atoms with Crippen LogP contribution in [-0.2, 0) is 14.3 Å². The van der Waals surface area contributed by atoms with Gasteiger partial charge in [0.15, 0.2) is 5.92 Å². The summed E-state index contributed by atoms with van der Waals surface area (Å²) in [5.74, 6) is -3.48. The molecule has 2 atom stereocenters. The summed E-state index contributed by atoms with van der Waals surface area (Å²) in [6.45, 7) is 6.72. The van der Waals surface area contributed by atoms with E-state index in [1.54, 1.807) is 39.8 Å². The van der Waals surface area contributed by atoms with E-state index < -0.39 is 34.5 Å². The van der Waals surface area contributed by atoms with E-state index in [-0.39, 0.29) is 24.2 Å². The Morgan fingerprint density at radius 3 is 2.46 bits per heavy atom. The highest BCUT2D eigenvalue weighted by Gasteiger charge is 2.31. The number of hydrogen-bond acceptors (Lipinski definition) is 7. The van der Waals surface area contributed by atoms with Gasteiger partial charge in [-0.1, -0.05) is 6.07 Å². The SMILES string of the molecule is Cc1ccc([N+](=O)[O-])c(NC(N)CC[C@H](C(=O)O)C(=O)OC(C)(C)C)c1. The number of carbonyl (C=O) groups excluding carboxylic acids is 1. The van der Waals surface area contributed by atoms with Gasteiger partial charge in [-0.05, 0) is 52.2 Å². The van der Waals surface area contributed by atoms with E-state index in [9.17, 15) is 24.8 Å². The molecular weight excluding hydrogens is 342 g/mol. The first-order chi connectivity index (χ1) is 11.9. The highest BCUT2D eigenvalue weighted by atomic mass is 16.6. The molecule has 1 unspecified atom stereocenters. The third-order valence-corrected chi connectivity index (χ3v) is 3.45. The summed E-state index contributed by atoms with van der Waals surface area (Å²) in [5, 5.41) is 23.1. The van der Waals surface area contributed by atoms with E-state index in [1.807, 2.05) is 0 Å². The predicted octanol–water partition coefficient (Wildman–Crippen LogP) is 2.42. The molecule has 9 nitrogen and oxygen atoms in total. The van der Waals surface area contributed by atoms with Gasteiger partial charge in [0.2, 0.25) is 0 Å². The van der Waals surface area contributed by atoms with Gasteiger partial charge in [-0.3, -0.25) is 19.7 Å². The summed E-state index contributed by atoms with van der Waals surface area (Å²) in [5.41, 5.74) is 6.04. The Bertz CT molecular complexity index is 684. The third-order valence-electron chi connectivity index (χ3n) is 3.45. The van der Waals surface area contributed by atoms with Gasteiger partial charge in [-0.2, -0.15) is 0 Å². The summed E-state index contributed by atoms with van der Waals surface area (Å²) in [4.78, 5) is 33.9. The molecule has 0 aliphatic carbocycles. The van der Waals surface area contributed by atoms with E-state index >= 15 is 0 Å². The van der Waals surface area contributed by atoms with Gasteiger partial charge >= 0.3 is 11.9 Å². The fourth-order valence-corrected chi connectivity index (χ4v) is 2.26. The molecule has 26 heavy (non-hydrogen) atoms. The number of nitro benzene ring substituents is 1. The Hall–Kier alpha value is -2.68. The molecule has 0 fully saturated rings. The molecule has 9 heteroatoms. The number of esters is 1. The second-order valence-electron chi connectivity index (χ2n) is 7.03. The van der Waals surface area contributed by atoms with Crippen LogP contribution in [0.3, 0.4) is 0 Å². The second kappa shape index (κ2) is 8.61. The number of benzene rings is 1. The van der Waals surface area contributed by atoms with E-state index in [0.29, 0.717) is 0 Å². The van der Waals surface area contributed by atoms with Gasteiger partial charge in [-0.15, -0.1) is 0 Å². The van der Waals surface area contributed by atoms with Crippen LogP contribution in [0.15, 0.2) is 18.2 Å². The maximum Gasteiger partial charge on any atom is 0.320 e. The predicted molar refractivity (Wildman–Crippen MR) is 95.6 cm³/mol. The Labute approximate surface area is 151 Å². The van der Waals surface area contributed by atoms with Crippen molar-refractivity contribution >= 4 is 23.3 Å². The van der Waals surface area contributed by atoms with Crippen LogP contribution in [0.4, 0.5) is 11.4 Å². The largest absolute Gasteiger partial charge is 0.481 e. The Morgan fingerprint density at radius 2 is 1.96 bits per heavy atom. The number of hydrogen-bond donors (Lipinski definition) is 3. The molecular formula is C17H25N3O6. The maximum absolute atomic E-state index is 12.0. The van der Waals surface area contributed by atoms with Crippen LogP contribution in [0.1, 0.15) is 39.2 Å². The van der Waals surface area contributed by atoms with Crippen molar-refractivity contribution in [3.63, 3.8) is 0 Å². The smallest absolute Gasteiger partial charge is 0.320 e. The number of nitrogens with one attached hydrogen (secondary N) is 1. The van der Waals surface area contributed by atoms with Crippen molar-refractivity contribution in [3.8, 4) is 0 Å². The topological polar surface area (TPSA) is 145 Å². The zero-order valence-corrected chi connectivity index (χ0v) is 15.3. The fraction of sp³-hybridized carbons (Fsp3) is 0.529. The molecule has 144 valence electrons. The highest BCUT2D eigenvalue weighted by molar-refractivity contribution is 5.94. The fourth-order valence-electron chi connectivity index (χ4n) is 2.26. The van der Waals surface area contributed by atoms with Crippen LogP contribution in [0, 0.1) is 23.0 Å². The average Bonchev–Trinajstić information content (AvgIpc) is 2.44. The first kappa shape index (κ1) is 21.4. The number of rotatable bonds is 8. The van der Waals surface area contributed by atoms with Crippen LogP contribution < -0.4 is 11.1 Å². The molecule has 1 aromatic carbocycles. The molecule has 0 saturated heterocycles. The number of ether oxygens (including phenoxy) is 1. The van der Waals surface area contributed by atoms with E-state index in [4.69, 9.17) is 10.5 Å². The summed E-state index contributed by atoms with van der Waals surface area (Å²) < 4.78 is 5.11. The molecule has 1 aromatic rings. The standard InChI is InChI=1S/C17H25N3O6/c1-10-5-7-13(20(24)25)12(9-10)19-14(18)8-6-11(15(21)22)16(23)26-17(2,3)4/h5,7,9,11,14,19H,6,8,18H2,1-4H3,(H,21,22)/t11-,14?/m1/s1. The molecule has 0 bridgehead atoms. The molecule has 0 saturated carbocycles. The second-order valence-corrected chi connectivity index (χ2v) is 7.03. The molecule has 0 heterocycles. The number of nitrogens with zero attached hydrogens (tertiary/aromatic N) is 1. The van der Waals surface area contributed by atoms with Gasteiger partial charge in [0.1, 0.15) is 11.3 Å².